The number of nitrogens with zero attached hydrogens (tertiary/aromatic N) is 1. The number of ketones is 1. The fourth-order valence-corrected chi connectivity index (χ4v) is 3.30. The van der Waals surface area contributed by atoms with Gasteiger partial charge in [0.1, 0.15) is 5.78 Å². The summed E-state index contributed by atoms with van der Waals surface area (Å²) in [4.78, 5) is 36.4. The van der Waals surface area contributed by atoms with Crippen molar-refractivity contribution in [3.8, 4) is 0 Å². The number of aliphatic carboxylic acids is 1. The first-order chi connectivity index (χ1) is 9.93. The highest BCUT2D eigenvalue weighted by Crippen LogP contribution is 2.32. The van der Waals surface area contributed by atoms with Crippen LogP contribution in [0.3, 0.4) is 0 Å². The van der Waals surface area contributed by atoms with Gasteiger partial charge in [0.15, 0.2) is 0 Å². The summed E-state index contributed by atoms with van der Waals surface area (Å²) in [6, 6.07) is 0. The van der Waals surface area contributed by atoms with Crippen LogP contribution in [0.4, 0.5) is 0 Å². The van der Waals surface area contributed by atoms with E-state index in [1.807, 2.05) is 0 Å². The van der Waals surface area contributed by atoms with Crippen LogP contribution in [0.1, 0.15) is 51.4 Å². The topological polar surface area (TPSA) is 94.9 Å². The van der Waals surface area contributed by atoms with Crippen LogP contribution in [0, 0.1) is 5.92 Å². The molecule has 2 fully saturated rings. The maximum absolute atomic E-state index is 12.4. The average molecular weight is 297 g/mol. The number of aliphatic hydroxyl groups is 1. The molecule has 0 aromatic heterocycles. The molecule has 1 atom stereocenters. The second kappa shape index (κ2) is 6.56. The standard InChI is InChI=1S/C15H23NO5/c17-12-6-8-16(9-7-12)13(18)15(21,14(19)20)10-11-4-2-1-3-5-11/h11,21H,1-10H2,(H,19,20). The minimum Gasteiger partial charge on any atom is -0.479 e. The predicted molar refractivity (Wildman–Crippen MR) is 74.6 cm³/mol. The maximum atomic E-state index is 12.4. The summed E-state index contributed by atoms with van der Waals surface area (Å²) < 4.78 is 0. The van der Waals surface area contributed by atoms with Crippen LogP contribution in [-0.2, 0) is 14.4 Å². The molecule has 1 aliphatic heterocycles. The van der Waals surface area contributed by atoms with Crippen molar-refractivity contribution in [2.45, 2.75) is 57.0 Å². The van der Waals surface area contributed by atoms with Gasteiger partial charge in [0.05, 0.1) is 0 Å². The molecular weight excluding hydrogens is 274 g/mol. The number of likely N-dealkylation sites (tertiary alicyclic amines) is 1. The molecule has 1 saturated carbocycles. The van der Waals surface area contributed by atoms with Crippen molar-refractivity contribution in [1.82, 2.24) is 4.90 Å². The van der Waals surface area contributed by atoms with E-state index < -0.39 is 17.5 Å². The van der Waals surface area contributed by atoms with Gasteiger partial charge in [-0.15, -0.1) is 0 Å². The zero-order chi connectivity index (χ0) is 15.5. The van der Waals surface area contributed by atoms with Gasteiger partial charge in [-0.3, -0.25) is 9.59 Å². The van der Waals surface area contributed by atoms with Crippen LogP contribution in [0.5, 0.6) is 0 Å². The van der Waals surface area contributed by atoms with E-state index in [0.29, 0.717) is 0 Å². The van der Waals surface area contributed by atoms with Gasteiger partial charge in [0.25, 0.3) is 5.91 Å². The smallest absolute Gasteiger partial charge is 0.345 e. The molecule has 1 saturated heterocycles. The number of carbonyl (C=O) groups is 3. The molecule has 0 spiro atoms. The number of hydrogen-bond acceptors (Lipinski definition) is 4. The zero-order valence-corrected chi connectivity index (χ0v) is 12.2. The van der Waals surface area contributed by atoms with Gasteiger partial charge < -0.3 is 15.1 Å². The SMILES string of the molecule is O=C1CCN(C(=O)C(O)(CC2CCCCC2)C(=O)O)CC1. The van der Waals surface area contributed by atoms with Gasteiger partial charge in [-0.2, -0.15) is 0 Å². The van der Waals surface area contributed by atoms with Crippen LogP contribution in [-0.4, -0.2) is 51.5 Å². The van der Waals surface area contributed by atoms with E-state index in [1.165, 1.54) is 4.90 Å². The zero-order valence-electron chi connectivity index (χ0n) is 12.2. The molecule has 1 aliphatic carbocycles. The Bertz CT molecular complexity index is 420. The van der Waals surface area contributed by atoms with Crippen LogP contribution in [0.25, 0.3) is 0 Å². The van der Waals surface area contributed by atoms with Crippen molar-refractivity contribution in [2.24, 2.45) is 5.92 Å². The fraction of sp³-hybridized carbons (Fsp3) is 0.800. The summed E-state index contributed by atoms with van der Waals surface area (Å²) >= 11 is 0. The Morgan fingerprint density at radius 1 is 1.14 bits per heavy atom. The monoisotopic (exact) mass is 297 g/mol. The van der Waals surface area contributed by atoms with Crippen molar-refractivity contribution in [1.29, 1.82) is 0 Å². The maximum Gasteiger partial charge on any atom is 0.345 e. The molecule has 1 heterocycles. The largest absolute Gasteiger partial charge is 0.479 e. The van der Waals surface area contributed by atoms with Gasteiger partial charge in [-0.05, 0) is 12.3 Å². The van der Waals surface area contributed by atoms with E-state index >= 15 is 0 Å². The molecule has 0 radical (unpaired) electrons. The van der Waals surface area contributed by atoms with Crippen LogP contribution in [0.15, 0.2) is 0 Å². The molecule has 0 aromatic rings. The number of rotatable bonds is 4. The molecule has 0 aromatic carbocycles. The summed E-state index contributed by atoms with van der Waals surface area (Å²) in [7, 11) is 0. The lowest BCUT2D eigenvalue weighted by Gasteiger charge is -2.35. The number of Topliss-reactive ketones (excluding diaryl/α,β-unsaturated/α-hetero) is 1. The van der Waals surface area contributed by atoms with Gasteiger partial charge in [-0.1, -0.05) is 32.1 Å². The second-order valence-electron chi connectivity index (χ2n) is 6.20. The molecule has 2 rings (SSSR count). The summed E-state index contributed by atoms with van der Waals surface area (Å²) in [5, 5.41) is 19.8. The van der Waals surface area contributed by atoms with E-state index in [4.69, 9.17) is 0 Å². The third-order valence-corrected chi connectivity index (χ3v) is 4.62. The summed E-state index contributed by atoms with van der Waals surface area (Å²) in [5.74, 6) is -2.08. The average Bonchev–Trinajstić information content (AvgIpc) is 2.48. The molecule has 6 heteroatoms. The quantitative estimate of drug-likeness (QED) is 0.754. The highest BCUT2D eigenvalue weighted by atomic mass is 16.4. The lowest BCUT2D eigenvalue weighted by Crippen LogP contribution is -2.56. The normalized spacial score (nSPS) is 23.7. The highest BCUT2D eigenvalue weighted by Gasteiger charge is 2.48. The summed E-state index contributed by atoms with van der Waals surface area (Å²) in [6.45, 7) is 0.413. The Morgan fingerprint density at radius 2 is 1.71 bits per heavy atom. The van der Waals surface area contributed by atoms with Gasteiger partial charge in [0, 0.05) is 25.9 Å². The first-order valence-corrected chi connectivity index (χ1v) is 7.70. The second-order valence-corrected chi connectivity index (χ2v) is 6.20. The molecule has 1 amide bonds. The third-order valence-electron chi connectivity index (χ3n) is 4.62. The Balaban J connectivity index is 2.06. The molecule has 118 valence electrons. The Kier molecular flexibility index (Phi) is 4.98. The van der Waals surface area contributed by atoms with Crippen LogP contribution in [0.2, 0.25) is 0 Å². The fourth-order valence-electron chi connectivity index (χ4n) is 3.30. The number of hydrogen-bond donors (Lipinski definition) is 2. The van der Waals surface area contributed by atoms with Crippen molar-refractivity contribution in [3.05, 3.63) is 0 Å². The van der Waals surface area contributed by atoms with Crippen molar-refractivity contribution >= 4 is 17.7 Å². The molecule has 1 unspecified atom stereocenters. The molecule has 6 nitrogen and oxygen atoms in total. The van der Waals surface area contributed by atoms with E-state index in [2.05, 4.69) is 0 Å². The van der Waals surface area contributed by atoms with Crippen molar-refractivity contribution in [2.75, 3.05) is 13.1 Å². The third kappa shape index (κ3) is 3.61. The molecule has 0 bridgehead atoms. The van der Waals surface area contributed by atoms with Crippen molar-refractivity contribution in [3.63, 3.8) is 0 Å². The summed E-state index contributed by atoms with van der Waals surface area (Å²) in [6.07, 6.45) is 5.35. The van der Waals surface area contributed by atoms with E-state index in [-0.39, 0.29) is 44.1 Å². The Labute approximate surface area is 124 Å². The number of piperidine rings is 1. The first-order valence-electron chi connectivity index (χ1n) is 7.70. The van der Waals surface area contributed by atoms with Crippen LogP contribution >= 0.6 is 0 Å². The number of carbonyl (C=O) groups excluding carboxylic acids is 2. The number of carboxylic acids is 1. The van der Waals surface area contributed by atoms with Gasteiger partial charge in [-0.25, -0.2) is 4.79 Å². The Morgan fingerprint density at radius 3 is 2.24 bits per heavy atom. The minimum atomic E-state index is -2.34. The molecule has 21 heavy (non-hydrogen) atoms. The number of amides is 1. The molecule has 2 N–H and O–H groups in total. The van der Waals surface area contributed by atoms with E-state index in [9.17, 15) is 24.6 Å². The number of carboxylic acid groups (broad SMARTS) is 1. The highest BCUT2D eigenvalue weighted by molar-refractivity contribution is 6.05. The predicted octanol–water partition coefficient (Wildman–Crippen LogP) is 0.964. The lowest BCUT2D eigenvalue weighted by atomic mass is 9.80. The Hall–Kier alpha value is -1.43. The molecule has 2 aliphatic rings. The van der Waals surface area contributed by atoms with Crippen molar-refractivity contribution < 1.29 is 24.6 Å². The van der Waals surface area contributed by atoms with Gasteiger partial charge >= 0.3 is 5.97 Å². The minimum absolute atomic E-state index is 0.0222. The van der Waals surface area contributed by atoms with Crippen LogP contribution < -0.4 is 0 Å². The van der Waals surface area contributed by atoms with E-state index in [0.717, 1.165) is 32.1 Å². The molecular formula is C15H23NO5. The first kappa shape index (κ1) is 15.9. The van der Waals surface area contributed by atoms with Gasteiger partial charge in [0.2, 0.25) is 5.60 Å². The summed E-state index contributed by atoms with van der Waals surface area (Å²) in [5.41, 5.74) is -2.34. The lowest BCUT2D eigenvalue weighted by molar-refractivity contribution is -0.174. The van der Waals surface area contributed by atoms with E-state index in [1.54, 1.807) is 0 Å².